The van der Waals surface area contributed by atoms with E-state index < -0.39 is 10.0 Å². The van der Waals surface area contributed by atoms with E-state index in [0.29, 0.717) is 36.3 Å². The summed E-state index contributed by atoms with van der Waals surface area (Å²) in [5.74, 6) is -0.958. The summed E-state index contributed by atoms with van der Waals surface area (Å²) >= 11 is 0. The molecule has 1 aliphatic rings. The maximum absolute atomic E-state index is 13.9. The van der Waals surface area contributed by atoms with Gasteiger partial charge in [0.1, 0.15) is 5.82 Å². The van der Waals surface area contributed by atoms with Gasteiger partial charge in [-0.05, 0) is 48.6 Å². The third kappa shape index (κ3) is 3.95. The molecule has 2 unspecified atom stereocenters. The number of amides is 1. The van der Waals surface area contributed by atoms with Gasteiger partial charge in [0.25, 0.3) is 0 Å². The SMILES string of the molecule is CCN(CC)S(=O)(=O)c1cc(NC(=O)C2CC2c2ccccc2F)ccc1C. The predicted octanol–water partition coefficient (Wildman–Crippen LogP) is 3.91. The fourth-order valence-electron chi connectivity index (χ4n) is 3.50. The van der Waals surface area contributed by atoms with Gasteiger partial charge in [0.2, 0.25) is 15.9 Å². The maximum atomic E-state index is 13.9. The van der Waals surface area contributed by atoms with Crippen molar-refractivity contribution in [1.29, 1.82) is 0 Å². The predicted molar refractivity (Wildman–Crippen MR) is 107 cm³/mol. The summed E-state index contributed by atoms with van der Waals surface area (Å²) in [5.41, 5.74) is 1.61. The van der Waals surface area contributed by atoms with E-state index in [1.54, 1.807) is 51.1 Å². The van der Waals surface area contributed by atoms with Gasteiger partial charge in [0, 0.05) is 24.7 Å². The Bertz CT molecular complexity index is 987. The molecule has 1 aliphatic carbocycles. The lowest BCUT2D eigenvalue weighted by Gasteiger charge is -2.20. The van der Waals surface area contributed by atoms with E-state index in [1.165, 1.54) is 16.4 Å². The third-order valence-corrected chi connectivity index (χ3v) is 7.40. The molecule has 1 saturated carbocycles. The first-order valence-electron chi connectivity index (χ1n) is 9.45. The van der Waals surface area contributed by atoms with Crippen molar-refractivity contribution in [3.63, 3.8) is 0 Å². The van der Waals surface area contributed by atoms with Crippen LogP contribution < -0.4 is 5.32 Å². The van der Waals surface area contributed by atoms with Crippen molar-refractivity contribution >= 4 is 21.6 Å². The number of nitrogens with one attached hydrogen (secondary N) is 1. The molecule has 0 aromatic heterocycles. The van der Waals surface area contributed by atoms with Crippen LogP contribution in [0.2, 0.25) is 0 Å². The van der Waals surface area contributed by atoms with Crippen molar-refractivity contribution in [2.75, 3.05) is 18.4 Å². The van der Waals surface area contributed by atoms with E-state index in [2.05, 4.69) is 5.32 Å². The zero-order chi connectivity index (χ0) is 20.5. The normalized spacial score (nSPS) is 18.9. The highest BCUT2D eigenvalue weighted by atomic mass is 32.2. The molecule has 1 N–H and O–H groups in total. The van der Waals surface area contributed by atoms with Crippen molar-refractivity contribution in [3.8, 4) is 0 Å². The molecule has 0 heterocycles. The summed E-state index contributed by atoms with van der Waals surface area (Å²) in [5, 5.41) is 2.79. The van der Waals surface area contributed by atoms with Gasteiger partial charge in [-0.3, -0.25) is 4.79 Å². The number of hydrogen-bond acceptors (Lipinski definition) is 3. The second-order valence-electron chi connectivity index (χ2n) is 7.03. The molecule has 0 spiro atoms. The summed E-state index contributed by atoms with van der Waals surface area (Å²) < 4.78 is 41.0. The van der Waals surface area contributed by atoms with Crippen molar-refractivity contribution in [3.05, 3.63) is 59.4 Å². The molecule has 2 atom stereocenters. The minimum absolute atomic E-state index is 0.134. The lowest BCUT2D eigenvalue weighted by Crippen LogP contribution is -2.31. The molecule has 5 nitrogen and oxygen atoms in total. The highest BCUT2D eigenvalue weighted by molar-refractivity contribution is 7.89. The van der Waals surface area contributed by atoms with Gasteiger partial charge >= 0.3 is 0 Å². The van der Waals surface area contributed by atoms with Gasteiger partial charge in [-0.25, -0.2) is 12.8 Å². The number of rotatable bonds is 7. The van der Waals surface area contributed by atoms with E-state index in [-0.39, 0.29) is 28.5 Å². The summed E-state index contributed by atoms with van der Waals surface area (Å²) in [6, 6.07) is 11.4. The van der Waals surface area contributed by atoms with Crippen LogP contribution in [0.1, 0.15) is 37.3 Å². The second kappa shape index (κ2) is 8.01. The Labute approximate surface area is 165 Å². The molecule has 28 heavy (non-hydrogen) atoms. The van der Waals surface area contributed by atoms with Crippen LogP contribution in [0, 0.1) is 18.7 Å². The first-order valence-corrected chi connectivity index (χ1v) is 10.9. The molecule has 150 valence electrons. The van der Waals surface area contributed by atoms with E-state index >= 15 is 0 Å². The van der Waals surface area contributed by atoms with Crippen LogP contribution in [-0.2, 0) is 14.8 Å². The maximum Gasteiger partial charge on any atom is 0.243 e. The number of halogens is 1. The molecule has 0 aliphatic heterocycles. The standard InChI is InChI=1S/C21H25FN2O3S/c1-4-24(5-2)28(26,27)20-12-15(11-10-14(20)3)23-21(25)18-13-17(18)16-8-6-7-9-19(16)22/h6-12,17-18H,4-5,13H2,1-3H3,(H,23,25). The highest BCUT2D eigenvalue weighted by Crippen LogP contribution is 2.48. The largest absolute Gasteiger partial charge is 0.326 e. The molecule has 7 heteroatoms. The topological polar surface area (TPSA) is 66.5 Å². The Morgan fingerprint density at radius 2 is 1.86 bits per heavy atom. The summed E-state index contributed by atoms with van der Waals surface area (Å²) in [7, 11) is -3.62. The zero-order valence-corrected chi connectivity index (χ0v) is 17.1. The fraction of sp³-hybridized carbons (Fsp3) is 0.381. The minimum atomic E-state index is -3.62. The summed E-state index contributed by atoms with van der Waals surface area (Å²) in [6.07, 6.45) is 0.587. The highest BCUT2D eigenvalue weighted by Gasteiger charge is 2.45. The Balaban J connectivity index is 1.77. The molecule has 0 bridgehead atoms. The van der Waals surface area contributed by atoms with E-state index in [1.807, 2.05) is 0 Å². The van der Waals surface area contributed by atoms with Gasteiger partial charge in [-0.2, -0.15) is 4.31 Å². The molecule has 2 aromatic rings. The Kier molecular flexibility index (Phi) is 5.86. The van der Waals surface area contributed by atoms with Gasteiger partial charge < -0.3 is 5.32 Å². The first-order chi connectivity index (χ1) is 13.3. The van der Waals surface area contributed by atoms with Crippen LogP contribution in [0.3, 0.4) is 0 Å². The average molecular weight is 405 g/mol. The van der Waals surface area contributed by atoms with Gasteiger partial charge in [0.15, 0.2) is 0 Å². The van der Waals surface area contributed by atoms with Crippen molar-refractivity contribution < 1.29 is 17.6 Å². The number of benzene rings is 2. The fourth-order valence-corrected chi connectivity index (χ4v) is 5.21. The zero-order valence-electron chi connectivity index (χ0n) is 16.3. The van der Waals surface area contributed by atoms with Gasteiger partial charge in [-0.1, -0.05) is 38.1 Å². The van der Waals surface area contributed by atoms with E-state index in [9.17, 15) is 17.6 Å². The quantitative estimate of drug-likeness (QED) is 0.761. The third-order valence-electron chi connectivity index (χ3n) is 5.21. The Hall–Kier alpha value is -2.25. The van der Waals surface area contributed by atoms with E-state index in [4.69, 9.17) is 0 Å². The van der Waals surface area contributed by atoms with Crippen LogP contribution in [0.5, 0.6) is 0 Å². The number of aryl methyl sites for hydroxylation is 1. The number of sulfonamides is 1. The summed E-state index contributed by atoms with van der Waals surface area (Å²) in [6.45, 7) is 6.06. The Morgan fingerprint density at radius 1 is 1.18 bits per heavy atom. The monoisotopic (exact) mass is 404 g/mol. The van der Waals surface area contributed by atoms with Gasteiger partial charge in [0.05, 0.1) is 4.90 Å². The van der Waals surface area contributed by atoms with Crippen LogP contribution in [0.15, 0.2) is 47.4 Å². The van der Waals surface area contributed by atoms with Crippen molar-refractivity contribution in [2.45, 2.75) is 38.0 Å². The van der Waals surface area contributed by atoms with Crippen molar-refractivity contribution in [1.82, 2.24) is 4.31 Å². The Morgan fingerprint density at radius 3 is 2.50 bits per heavy atom. The number of hydrogen-bond donors (Lipinski definition) is 1. The molecule has 3 rings (SSSR count). The lowest BCUT2D eigenvalue weighted by atomic mass is 10.1. The lowest BCUT2D eigenvalue weighted by molar-refractivity contribution is -0.117. The minimum Gasteiger partial charge on any atom is -0.326 e. The van der Waals surface area contributed by atoms with Crippen LogP contribution >= 0.6 is 0 Å². The van der Waals surface area contributed by atoms with E-state index in [0.717, 1.165) is 0 Å². The number of nitrogens with zero attached hydrogens (tertiary/aromatic N) is 1. The molecule has 1 amide bonds. The van der Waals surface area contributed by atoms with Crippen molar-refractivity contribution in [2.24, 2.45) is 5.92 Å². The molecule has 0 saturated heterocycles. The molecule has 0 radical (unpaired) electrons. The smallest absolute Gasteiger partial charge is 0.243 e. The van der Waals surface area contributed by atoms with Crippen LogP contribution in [0.25, 0.3) is 0 Å². The number of anilines is 1. The number of carbonyl (C=O) groups is 1. The second-order valence-corrected chi connectivity index (χ2v) is 8.94. The molecule has 2 aromatic carbocycles. The molecule has 1 fully saturated rings. The molecular weight excluding hydrogens is 379 g/mol. The average Bonchev–Trinajstić information content (AvgIpc) is 3.45. The molecular formula is C21H25FN2O3S. The van der Waals surface area contributed by atoms with Gasteiger partial charge in [-0.15, -0.1) is 0 Å². The number of carbonyl (C=O) groups excluding carboxylic acids is 1. The first kappa shape index (κ1) is 20.5. The van der Waals surface area contributed by atoms with Crippen LogP contribution in [0.4, 0.5) is 10.1 Å². The van der Waals surface area contributed by atoms with Crippen LogP contribution in [-0.4, -0.2) is 31.7 Å². The summed E-state index contributed by atoms with van der Waals surface area (Å²) in [4.78, 5) is 12.8.